The molecule has 1 aromatic heterocycles. The van der Waals surface area contributed by atoms with Crippen LogP contribution >= 0.6 is 0 Å². The van der Waals surface area contributed by atoms with E-state index in [0.29, 0.717) is 35.0 Å². The zero-order chi connectivity index (χ0) is 25.9. The van der Waals surface area contributed by atoms with Crippen LogP contribution in [0.4, 0.5) is 5.82 Å². The lowest BCUT2D eigenvalue weighted by atomic mass is 9.95. The fraction of sp³-hybridized carbons (Fsp3) is 0.138. The van der Waals surface area contributed by atoms with Crippen LogP contribution < -0.4 is 14.4 Å². The monoisotopic (exact) mass is 496 g/mol. The first-order valence-electron chi connectivity index (χ1n) is 11.6. The van der Waals surface area contributed by atoms with Gasteiger partial charge in [0.25, 0.3) is 5.78 Å². The van der Waals surface area contributed by atoms with Crippen LogP contribution in [-0.4, -0.2) is 29.1 Å². The van der Waals surface area contributed by atoms with Crippen LogP contribution in [0.3, 0.4) is 0 Å². The van der Waals surface area contributed by atoms with Gasteiger partial charge in [0.2, 0.25) is 0 Å². The largest absolute Gasteiger partial charge is 0.507 e. The van der Waals surface area contributed by atoms with Crippen molar-refractivity contribution in [2.45, 2.75) is 19.6 Å². The molecular formula is C29H24N2O6. The number of hydrogen-bond acceptors (Lipinski definition) is 7. The molecule has 8 nitrogen and oxygen atoms in total. The summed E-state index contributed by atoms with van der Waals surface area (Å²) in [4.78, 5) is 27.7. The Hall–Kier alpha value is -4.85. The second-order valence-electron chi connectivity index (χ2n) is 8.52. The van der Waals surface area contributed by atoms with E-state index in [1.807, 2.05) is 30.3 Å². The molecule has 0 saturated carbocycles. The zero-order valence-electron chi connectivity index (χ0n) is 20.3. The highest BCUT2D eigenvalue weighted by Crippen LogP contribution is 2.44. The molecule has 0 spiro atoms. The van der Waals surface area contributed by atoms with E-state index in [4.69, 9.17) is 14.0 Å². The SMILES string of the molecule is COc1cc(C2C(=C(O)c3ccccc3)C(=O)C(=O)N2c2cc(C)on2)ccc1OCc1ccccc1. The second kappa shape index (κ2) is 10.0. The molecule has 186 valence electrons. The van der Waals surface area contributed by atoms with Gasteiger partial charge in [0.1, 0.15) is 18.1 Å². The first-order chi connectivity index (χ1) is 18.0. The van der Waals surface area contributed by atoms with Crippen LogP contribution in [-0.2, 0) is 16.2 Å². The number of methoxy groups -OCH3 is 1. The first-order valence-corrected chi connectivity index (χ1v) is 11.6. The number of carbonyl (C=O) groups excluding carboxylic acids is 2. The molecule has 3 aromatic carbocycles. The third kappa shape index (κ3) is 4.56. The second-order valence-corrected chi connectivity index (χ2v) is 8.52. The van der Waals surface area contributed by atoms with Crippen LogP contribution in [0.5, 0.6) is 11.5 Å². The summed E-state index contributed by atoms with van der Waals surface area (Å²) in [5, 5.41) is 15.1. The number of aliphatic hydroxyl groups is 1. The van der Waals surface area contributed by atoms with Crippen molar-refractivity contribution in [1.29, 1.82) is 0 Å². The number of anilines is 1. The molecule has 5 rings (SSSR count). The zero-order valence-corrected chi connectivity index (χ0v) is 20.3. The Morgan fingerprint density at radius 1 is 0.973 bits per heavy atom. The summed E-state index contributed by atoms with van der Waals surface area (Å²) in [7, 11) is 1.51. The van der Waals surface area contributed by atoms with Gasteiger partial charge in [0.05, 0.1) is 18.7 Å². The Balaban J connectivity index is 1.60. The molecule has 1 saturated heterocycles. The van der Waals surface area contributed by atoms with Gasteiger partial charge in [-0.3, -0.25) is 14.5 Å². The number of aryl methyl sites for hydroxylation is 1. The van der Waals surface area contributed by atoms with Crippen molar-refractivity contribution in [3.63, 3.8) is 0 Å². The number of amides is 1. The van der Waals surface area contributed by atoms with Crippen LogP contribution in [0.2, 0.25) is 0 Å². The summed E-state index contributed by atoms with van der Waals surface area (Å²) < 4.78 is 16.7. The minimum atomic E-state index is -0.971. The number of aliphatic hydroxyl groups excluding tert-OH is 1. The fourth-order valence-electron chi connectivity index (χ4n) is 4.31. The van der Waals surface area contributed by atoms with E-state index in [9.17, 15) is 14.7 Å². The molecule has 0 aliphatic carbocycles. The Labute approximate surface area is 213 Å². The number of ketones is 1. The smallest absolute Gasteiger partial charge is 0.301 e. The summed E-state index contributed by atoms with van der Waals surface area (Å²) in [5.74, 6) is -0.381. The van der Waals surface area contributed by atoms with Crippen molar-refractivity contribution in [2.24, 2.45) is 0 Å². The van der Waals surface area contributed by atoms with E-state index >= 15 is 0 Å². The quantitative estimate of drug-likeness (QED) is 0.213. The van der Waals surface area contributed by atoms with Crippen LogP contribution in [0.1, 0.15) is 28.5 Å². The number of nitrogens with zero attached hydrogens (tertiary/aromatic N) is 2. The first kappa shape index (κ1) is 23.9. The van der Waals surface area contributed by atoms with Crippen molar-refractivity contribution >= 4 is 23.3 Å². The number of aromatic nitrogens is 1. The molecule has 2 heterocycles. The van der Waals surface area contributed by atoms with Crippen molar-refractivity contribution in [1.82, 2.24) is 5.16 Å². The lowest BCUT2D eigenvalue weighted by Gasteiger charge is -2.23. The molecule has 8 heteroatoms. The summed E-state index contributed by atoms with van der Waals surface area (Å²) in [6.07, 6.45) is 0. The molecule has 1 amide bonds. The van der Waals surface area contributed by atoms with E-state index in [2.05, 4.69) is 5.16 Å². The molecule has 1 fully saturated rings. The van der Waals surface area contributed by atoms with Gasteiger partial charge >= 0.3 is 5.91 Å². The van der Waals surface area contributed by atoms with Crippen molar-refractivity contribution in [2.75, 3.05) is 12.0 Å². The van der Waals surface area contributed by atoms with Crippen LogP contribution in [0.15, 0.2) is 95.0 Å². The molecule has 4 aromatic rings. The third-order valence-electron chi connectivity index (χ3n) is 6.09. The van der Waals surface area contributed by atoms with Gasteiger partial charge < -0.3 is 19.1 Å². The van der Waals surface area contributed by atoms with Gasteiger partial charge in [0, 0.05) is 11.6 Å². The number of carbonyl (C=O) groups is 2. The van der Waals surface area contributed by atoms with E-state index in [1.165, 1.54) is 12.0 Å². The summed E-state index contributed by atoms with van der Waals surface area (Å²) in [6, 6.07) is 24.0. The lowest BCUT2D eigenvalue weighted by molar-refractivity contribution is -0.132. The van der Waals surface area contributed by atoms with E-state index in [0.717, 1.165) is 5.56 Å². The number of benzene rings is 3. The number of hydrogen-bond donors (Lipinski definition) is 1. The molecule has 1 aliphatic heterocycles. The van der Waals surface area contributed by atoms with Crippen molar-refractivity contribution in [3.05, 3.63) is 113 Å². The summed E-state index contributed by atoms with van der Waals surface area (Å²) in [6.45, 7) is 2.02. The minimum Gasteiger partial charge on any atom is -0.507 e. The van der Waals surface area contributed by atoms with Gasteiger partial charge in [-0.25, -0.2) is 0 Å². The van der Waals surface area contributed by atoms with E-state index < -0.39 is 17.7 Å². The summed E-state index contributed by atoms with van der Waals surface area (Å²) in [5.41, 5.74) is 1.88. The average molecular weight is 497 g/mol. The number of rotatable bonds is 7. The van der Waals surface area contributed by atoms with Gasteiger partial charge in [-0.2, -0.15) is 0 Å². The third-order valence-corrected chi connectivity index (χ3v) is 6.09. The maximum atomic E-state index is 13.3. The molecule has 1 atom stereocenters. The molecule has 0 radical (unpaired) electrons. The normalized spacial score (nSPS) is 16.7. The summed E-state index contributed by atoms with van der Waals surface area (Å²) >= 11 is 0. The highest BCUT2D eigenvalue weighted by molar-refractivity contribution is 6.51. The molecule has 37 heavy (non-hydrogen) atoms. The molecular weight excluding hydrogens is 472 g/mol. The number of ether oxygens (including phenoxy) is 2. The molecule has 0 bridgehead atoms. The van der Waals surface area contributed by atoms with E-state index in [1.54, 1.807) is 61.5 Å². The predicted octanol–water partition coefficient (Wildman–Crippen LogP) is 5.20. The van der Waals surface area contributed by atoms with Gasteiger partial charge in [-0.05, 0) is 30.2 Å². The maximum Gasteiger partial charge on any atom is 0.301 e. The number of Topliss-reactive ketones (excluding diaryl/α,β-unsaturated/α-hetero) is 1. The van der Waals surface area contributed by atoms with Gasteiger partial charge in [-0.15, -0.1) is 0 Å². The molecule has 1 unspecified atom stereocenters. The Kier molecular flexibility index (Phi) is 6.47. The standard InChI is InChI=1S/C29H24N2O6/c1-18-15-24(30-37-18)31-26(25(28(33)29(31)34)27(32)20-11-7-4-8-12-20)21-13-14-22(23(16-21)35-2)36-17-19-9-5-3-6-10-19/h3-16,26,32H,17H2,1-2H3. The van der Waals surface area contributed by atoms with E-state index in [-0.39, 0.29) is 17.2 Å². The Morgan fingerprint density at radius 3 is 2.32 bits per heavy atom. The predicted molar refractivity (Wildman–Crippen MR) is 136 cm³/mol. The molecule has 1 aliphatic rings. The topological polar surface area (TPSA) is 102 Å². The maximum absolute atomic E-state index is 13.3. The molecule has 1 N–H and O–H groups in total. The average Bonchev–Trinajstić information content (AvgIpc) is 3.48. The Bertz CT molecular complexity index is 1480. The fourth-order valence-corrected chi connectivity index (χ4v) is 4.31. The highest BCUT2D eigenvalue weighted by Gasteiger charge is 2.48. The van der Waals surface area contributed by atoms with Crippen LogP contribution in [0.25, 0.3) is 5.76 Å². The lowest BCUT2D eigenvalue weighted by Crippen LogP contribution is -2.29. The van der Waals surface area contributed by atoms with Gasteiger partial charge in [-0.1, -0.05) is 71.9 Å². The van der Waals surface area contributed by atoms with Crippen molar-refractivity contribution < 1.29 is 28.7 Å². The van der Waals surface area contributed by atoms with Crippen LogP contribution in [0, 0.1) is 6.92 Å². The minimum absolute atomic E-state index is 0.0585. The highest BCUT2D eigenvalue weighted by atomic mass is 16.5. The Morgan fingerprint density at radius 2 is 1.68 bits per heavy atom. The van der Waals surface area contributed by atoms with Gasteiger partial charge in [0.15, 0.2) is 17.3 Å². The van der Waals surface area contributed by atoms with Crippen molar-refractivity contribution in [3.8, 4) is 11.5 Å².